The Morgan fingerprint density at radius 2 is 1.78 bits per heavy atom. The van der Waals surface area contributed by atoms with Crippen LogP contribution in [0.4, 0.5) is 11.6 Å². The van der Waals surface area contributed by atoms with E-state index in [1.807, 2.05) is 60.0 Å². The van der Waals surface area contributed by atoms with Gasteiger partial charge in [-0.3, -0.25) is 13.9 Å². The highest BCUT2D eigenvalue weighted by Crippen LogP contribution is 2.33. The summed E-state index contributed by atoms with van der Waals surface area (Å²) in [6, 6.07) is 15.4. The lowest BCUT2D eigenvalue weighted by Crippen LogP contribution is -2.40. The SMILES string of the molecule is Cc1ccccc1Cn1c(=O)c2c(nc3n2C[C@@H](C)CN3c2ccc(Cl)cc2)n(C)c1=O. The number of rotatable bonds is 3. The van der Waals surface area contributed by atoms with Gasteiger partial charge < -0.3 is 9.47 Å². The molecule has 0 spiro atoms. The van der Waals surface area contributed by atoms with E-state index in [2.05, 4.69) is 11.8 Å². The minimum absolute atomic E-state index is 0.227. The molecular weight excluding hydrogens is 426 g/mol. The molecule has 0 unspecified atom stereocenters. The van der Waals surface area contributed by atoms with Crippen molar-refractivity contribution in [1.82, 2.24) is 18.7 Å². The molecule has 1 aliphatic heterocycles. The molecule has 0 saturated heterocycles. The van der Waals surface area contributed by atoms with Crippen molar-refractivity contribution in [3.8, 4) is 0 Å². The van der Waals surface area contributed by atoms with E-state index in [0.29, 0.717) is 28.7 Å². The van der Waals surface area contributed by atoms with Crippen molar-refractivity contribution in [2.75, 3.05) is 11.4 Å². The Morgan fingerprint density at radius 3 is 2.50 bits per heavy atom. The predicted octanol–water partition coefficient (Wildman–Crippen LogP) is 3.69. The van der Waals surface area contributed by atoms with Crippen molar-refractivity contribution in [3.05, 3.63) is 85.5 Å². The van der Waals surface area contributed by atoms with Gasteiger partial charge in [-0.25, -0.2) is 4.79 Å². The minimum atomic E-state index is -0.368. The molecule has 7 nitrogen and oxygen atoms in total. The van der Waals surface area contributed by atoms with E-state index in [0.717, 1.165) is 23.4 Å². The smallest absolute Gasteiger partial charge is 0.312 e. The van der Waals surface area contributed by atoms with Crippen molar-refractivity contribution in [2.24, 2.45) is 13.0 Å². The summed E-state index contributed by atoms with van der Waals surface area (Å²) in [6.45, 7) is 5.77. The van der Waals surface area contributed by atoms with E-state index in [1.54, 1.807) is 7.05 Å². The normalized spacial score (nSPS) is 15.9. The van der Waals surface area contributed by atoms with Crippen LogP contribution >= 0.6 is 11.6 Å². The first-order valence-corrected chi connectivity index (χ1v) is 11.0. The largest absolute Gasteiger partial charge is 0.332 e. The number of anilines is 2. The number of fused-ring (bicyclic) bond motifs is 3. The van der Waals surface area contributed by atoms with Crippen LogP contribution in [0.15, 0.2) is 58.1 Å². The number of nitrogens with zero attached hydrogens (tertiary/aromatic N) is 5. The molecule has 0 N–H and O–H groups in total. The maximum atomic E-state index is 13.6. The first kappa shape index (κ1) is 20.6. The van der Waals surface area contributed by atoms with Crippen LogP contribution in [0.1, 0.15) is 18.1 Å². The summed E-state index contributed by atoms with van der Waals surface area (Å²) in [7, 11) is 1.67. The molecule has 0 radical (unpaired) electrons. The zero-order chi connectivity index (χ0) is 22.6. The highest BCUT2D eigenvalue weighted by molar-refractivity contribution is 6.30. The van der Waals surface area contributed by atoms with E-state index in [9.17, 15) is 9.59 Å². The third-order valence-electron chi connectivity index (χ3n) is 6.17. The van der Waals surface area contributed by atoms with E-state index < -0.39 is 0 Å². The number of imidazole rings is 1. The van der Waals surface area contributed by atoms with Crippen LogP contribution in [0.2, 0.25) is 5.02 Å². The molecular formula is C24H24ClN5O2. The van der Waals surface area contributed by atoms with Crippen molar-refractivity contribution < 1.29 is 0 Å². The molecule has 0 amide bonds. The summed E-state index contributed by atoms with van der Waals surface area (Å²) in [5, 5.41) is 0.661. The lowest BCUT2D eigenvalue weighted by Gasteiger charge is -2.33. The fourth-order valence-corrected chi connectivity index (χ4v) is 4.57. The van der Waals surface area contributed by atoms with Crippen LogP contribution < -0.4 is 16.1 Å². The second-order valence-electron chi connectivity index (χ2n) is 8.55. The van der Waals surface area contributed by atoms with Crippen molar-refractivity contribution in [1.29, 1.82) is 0 Å². The predicted molar refractivity (Wildman–Crippen MR) is 127 cm³/mol. The number of halogens is 1. The molecule has 5 rings (SSSR count). The van der Waals surface area contributed by atoms with Crippen molar-refractivity contribution >= 4 is 34.4 Å². The number of benzene rings is 2. The van der Waals surface area contributed by atoms with Gasteiger partial charge in [-0.1, -0.05) is 42.8 Å². The first-order valence-electron chi connectivity index (χ1n) is 10.6. The topological polar surface area (TPSA) is 65.1 Å². The fraction of sp³-hybridized carbons (Fsp3) is 0.292. The van der Waals surface area contributed by atoms with Crippen LogP contribution in [-0.4, -0.2) is 25.2 Å². The second kappa shape index (κ2) is 7.67. The molecule has 4 aromatic rings. The van der Waals surface area contributed by atoms with Gasteiger partial charge in [0.05, 0.1) is 6.54 Å². The van der Waals surface area contributed by atoms with E-state index in [-0.39, 0.29) is 23.7 Å². The summed E-state index contributed by atoms with van der Waals surface area (Å²) in [5.74, 6) is 0.957. The lowest BCUT2D eigenvalue weighted by atomic mass is 10.1. The van der Waals surface area contributed by atoms with Crippen molar-refractivity contribution in [2.45, 2.75) is 26.9 Å². The molecule has 1 aliphatic rings. The van der Waals surface area contributed by atoms with Crippen molar-refractivity contribution in [3.63, 3.8) is 0 Å². The maximum Gasteiger partial charge on any atom is 0.332 e. The molecule has 2 aromatic carbocycles. The number of hydrogen-bond donors (Lipinski definition) is 0. The van der Waals surface area contributed by atoms with Gasteiger partial charge in [0.25, 0.3) is 5.56 Å². The lowest BCUT2D eigenvalue weighted by molar-refractivity contribution is 0.458. The van der Waals surface area contributed by atoms with E-state index in [4.69, 9.17) is 16.6 Å². The summed E-state index contributed by atoms with van der Waals surface area (Å²) >= 11 is 6.08. The van der Waals surface area contributed by atoms with Crippen LogP contribution in [0.25, 0.3) is 11.2 Å². The molecule has 0 fully saturated rings. The standard InChI is InChI=1S/C24H24ClN5O2/c1-15-12-28(19-10-8-18(25)9-11-19)23-26-21-20(29(23)13-15)22(31)30(24(32)27(21)3)14-17-7-5-4-6-16(17)2/h4-11,15H,12-14H2,1-3H3/t15-/m0/s1. The number of hydrogen-bond acceptors (Lipinski definition) is 4. The third-order valence-corrected chi connectivity index (χ3v) is 6.42. The van der Waals surface area contributed by atoms with Gasteiger partial charge in [-0.2, -0.15) is 4.98 Å². The Bertz CT molecular complexity index is 1450. The van der Waals surface area contributed by atoms with Crippen LogP contribution in [0.5, 0.6) is 0 Å². The molecule has 0 bridgehead atoms. The molecule has 2 aromatic heterocycles. The van der Waals surface area contributed by atoms with Crippen LogP contribution in [0.3, 0.4) is 0 Å². The number of aryl methyl sites for hydroxylation is 2. The fourth-order valence-electron chi connectivity index (χ4n) is 4.44. The Labute approximate surface area is 190 Å². The molecule has 0 aliphatic carbocycles. The van der Waals surface area contributed by atoms with E-state index in [1.165, 1.54) is 9.13 Å². The quantitative estimate of drug-likeness (QED) is 0.478. The number of aromatic nitrogens is 4. The van der Waals surface area contributed by atoms with E-state index >= 15 is 0 Å². The Kier molecular flexibility index (Phi) is 4.93. The third kappa shape index (κ3) is 3.24. The van der Waals surface area contributed by atoms with Gasteiger partial charge >= 0.3 is 5.69 Å². The Morgan fingerprint density at radius 1 is 1.06 bits per heavy atom. The Hall–Kier alpha value is -3.32. The van der Waals surface area contributed by atoms with Gasteiger partial charge in [0.2, 0.25) is 5.95 Å². The Balaban J connectivity index is 1.73. The second-order valence-corrected chi connectivity index (χ2v) is 8.98. The van der Waals surface area contributed by atoms with Crippen LogP contribution in [0, 0.1) is 12.8 Å². The highest BCUT2D eigenvalue weighted by atomic mass is 35.5. The summed E-state index contributed by atoms with van der Waals surface area (Å²) < 4.78 is 4.74. The van der Waals surface area contributed by atoms with Gasteiger partial charge in [0, 0.05) is 30.8 Å². The molecule has 3 heterocycles. The summed E-state index contributed by atoms with van der Waals surface area (Å²) in [5.41, 5.74) is 3.12. The zero-order valence-corrected chi connectivity index (χ0v) is 19.0. The zero-order valence-electron chi connectivity index (χ0n) is 18.2. The molecule has 32 heavy (non-hydrogen) atoms. The highest BCUT2D eigenvalue weighted by Gasteiger charge is 2.29. The average Bonchev–Trinajstić information content (AvgIpc) is 3.16. The minimum Gasteiger partial charge on any atom is -0.312 e. The van der Waals surface area contributed by atoms with Crippen LogP contribution in [-0.2, 0) is 20.1 Å². The van der Waals surface area contributed by atoms with Gasteiger partial charge in [0.1, 0.15) is 0 Å². The molecule has 164 valence electrons. The first-order chi connectivity index (χ1) is 15.3. The van der Waals surface area contributed by atoms with Gasteiger partial charge in [-0.15, -0.1) is 0 Å². The summed E-state index contributed by atoms with van der Waals surface area (Å²) in [6.07, 6.45) is 0. The molecule has 0 saturated carbocycles. The maximum absolute atomic E-state index is 13.6. The van der Waals surface area contributed by atoms with Gasteiger partial charge in [0.15, 0.2) is 11.2 Å². The average molecular weight is 450 g/mol. The van der Waals surface area contributed by atoms with Gasteiger partial charge in [-0.05, 0) is 48.2 Å². The summed E-state index contributed by atoms with van der Waals surface area (Å²) in [4.78, 5) is 33.6. The molecule has 1 atom stereocenters. The molecule has 8 heteroatoms. The monoisotopic (exact) mass is 449 g/mol.